The van der Waals surface area contributed by atoms with Crippen molar-refractivity contribution >= 4 is 29.2 Å². The highest BCUT2D eigenvalue weighted by atomic mass is 19.4. The van der Waals surface area contributed by atoms with Gasteiger partial charge in [-0.25, -0.2) is 4.68 Å². The average Bonchev–Trinajstić information content (AvgIpc) is 3.34. The van der Waals surface area contributed by atoms with E-state index in [4.69, 9.17) is 5.10 Å². The van der Waals surface area contributed by atoms with Crippen molar-refractivity contribution in [3.63, 3.8) is 0 Å². The third kappa shape index (κ3) is 5.62. The number of fused-ring (bicyclic) bond motifs is 1. The molecule has 4 aromatic rings. The van der Waals surface area contributed by atoms with Crippen LogP contribution in [0.2, 0.25) is 0 Å². The Bertz CT molecular complexity index is 1680. The molecule has 0 bridgehead atoms. The maximum absolute atomic E-state index is 14.3. The minimum absolute atomic E-state index is 0.216. The molecular formula is C32H30F3N5O3. The number of halogens is 3. The number of carbonyl (C=O) groups excluding carboxylic acids is 3. The van der Waals surface area contributed by atoms with E-state index in [2.05, 4.69) is 10.6 Å². The van der Waals surface area contributed by atoms with Crippen molar-refractivity contribution in [1.29, 1.82) is 0 Å². The number of aromatic nitrogens is 2. The van der Waals surface area contributed by atoms with E-state index >= 15 is 0 Å². The minimum Gasteiger partial charge on any atom is -0.339 e. The maximum Gasteiger partial charge on any atom is 0.416 e. The van der Waals surface area contributed by atoms with Gasteiger partial charge in [0.25, 0.3) is 11.8 Å². The maximum atomic E-state index is 14.3. The number of aryl methyl sites for hydroxylation is 1. The van der Waals surface area contributed by atoms with Crippen LogP contribution < -0.4 is 15.5 Å². The molecule has 0 fully saturated rings. The van der Waals surface area contributed by atoms with Gasteiger partial charge >= 0.3 is 6.18 Å². The van der Waals surface area contributed by atoms with Gasteiger partial charge in [-0.3, -0.25) is 19.3 Å². The predicted molar refractivity (Wildman–Crippen MR) is 156 cm³/mol. The van der Waals surface area contributed by atoms with Crippen LogP contribution in [0, 0.1) is 6.92 Å². The summed E-state index contributed by atoms with van der Waals surface area (Å²) in [6.45, 7) is 5.54. The Balaban J connectivity index is 1.70. The lowest BCUT2D eigenvalue weighted by atomic mass is 9.80. The summed E-state index contributed by atoms with van der Waals surface area (Å²) in [5, 5.41) is 10.4. The number of anilines is 2. The molecule has 0 saturated carbocycles. The number of nitrogens with one attached hydrogen (secondary N) is 2. The first-order chi connectivity index (χ1) is 20.5. The number of alkyl halides is 3. The Morgan fingerprint density at radius 1 is 0.953 bits per heavy atom. The number of hydrogen-bond donors (Lipinski definition) is 2. The number of hydrogen-bond acceptors (Lipinski definition) is 4. The molecule has 2 atom stereocenters. The molecule has 1 aromatic heterocycles. The second-order valence-electron chi connectivity index (χ2n) is 10.1. The molecule has 3 aromatic carbocycles. The van der Waals surface area contributed by atoms with Crippen LogP contribution in [0.4, 0.5) is 24.7 Å². The smallest absolute Gasteiger partial charge is 0.339 e. The molecule has 3 amide bonds. The van der Waals surface area contributed by atoms with Crippen molar-refractivity contribution in [1.82, 2.24) is 15.1 Å². The van der Waals surface area contributed by atoms with Crippen LogP contribution in [0.1, 0.15) is 58.9 Å². The van der Waals surface area contributed by atoms with Crippen LogP contribution in [0.3, 0.4) is 0 Å². The van der Waals surface area contributed by atoms with E-state index < -0.39 is 35.5 Å². The molecule has 0 spiro atoms. The van der Waals surface area contributed by atoms with Gasteiger partial charge in [-0.05, 0) is 55.8 Å². The largest absolute Gasteiger partial charge is 0.416 e. The van der Waals surface area contributed by atoms with Gasteiger partial charge in [0.15, 0.2) is 0 Å². The zero-order valence-corrected chi connectivity index (χ0v) is 23.8. The van der Waals surface area contributed by atoms with E-state index in [1.165, 1.54) is 11.0 Å². The summed E-state index contributed by atoms with van der Waals surface area (Å²) in [5.41, 5.74) is 1.75. The lowest BCUT2D eigenvalue weighted by Crippen LogP contribution is -2.55. The second-order valence-corrected chi connectivity index (χ2v) is 10.1. The molecule has 0 saturated heterocycles. The van der Waals surface area contributed by atoms with Crippen molar-refractivity contribution in [2.75, 3.05) is 16.8 Å². The first-order valence-corrected chi connectivity index (χ1v) is 13.9. The van der Waals surface area contributed by atoms with Crippen molar-refractivity contribution in [2.45, 2.75) is 45.3 Å². The average molecular weight is 590 g/mol. The minimum atomic E-state index is -4.65. The molecule has 43 heavy (non-hydrogen) atoms. The summed E-state index contributed by atoms with van der Waals surface area (Å²) in [5.74, 6) is -1.86. The van der Waals surface area contributed by atoms with Gasteiger partial charge < -0.3 is 10.6 Å². The molecule has 1 aliphatic heterocycles. The second kappa shape index (κ2) is 11.7. The molecule has 0 unspecified atom stereocenters. The molecule has 0 radical (unpaired) electrons. The fraction of sp³-hybridized carbons (Fsp3) is 0.250. The highest BCUT2D eigenvalue weighted by Gasteiger charge is 2.46. The first kappa shape index (κ1) is 29.6. The standard InChI is InChI=1S/C32H30F3N5O3/c1-4-25(41)36-24-17-10-9-16-23(24)27-26-19(3)38-40(22-14-7-6-8-15-22)30(26)39(5-2)31(43)28(27)37-29(42)20-12-11-13-21(18-20)32(33,34)35/h6-18,27-28H,4-5H2,1-3H3,(H,36,41)(H,37,42)/t27-,28-/m0/s1. The van der Waals surface area contributed by atoms with Crippen LogP contribution in [0.15, 0.2) is 78.9 Å². The SMILES string of the molecule is CCC(=O)Nc1ccccc1[C@H]1c2c(C)nn(-c3ccccc3)c2N(CC)C(=O)[C@H]1NC(=O)c1cccc(C(F)(F)F)c1. The fourth-order valence-electron chi connectivity index (χ4n) is 5.45. The van der Waals surface area contributed by atoms with E-state index in [0.29, 0.717) is 28.3 Å². The summed E-state index contributed by atoms with van der Waals surface area (Å²) in [4.78, 5) is 41.8. The summed E-state index contributed by atoms with van der Waals surface area (Å²) in [6.07, 6.45) is -4.43. The predicted octanol–water partition coefficient (Wildman–Crippen LogP) is 5.85. The highest BCUT2D eigenvalue weighted by molar-refractivity contribution is 6.06. The molecule has 2 heterocycles. The van der Waals surface area contributed by atoms with Gasteiger partial charge in [0.2, 0.25) is 5.91 Å². The van der Waals surface area contributed by atoms with Crippen molar-refractivity contribution in [3.05, 3.63) is 107 Å². The van der Waals surface area contributed by atoms with Crippen molar-refractivity contribution in [2.24, 2.45) is 0 Å². The number of nitrogens with zero attached hydrogens (tertiary/aromatic N) is 3. The number of amides is 3. The van der Waals surface area contributed by atoms with Crippen molar-refractivity contribution < 1.29 is 27.6 Å². The zero-order valence-electron chi connectivity index (χ0n) is 23.8. The van der Waals surface area contributed by atoms with Crippen LogP contribution >= 0.6 is 0 Å². The molecule has 222 valence electrons. The normalized spacial score (nSPS) is 16.5. The van der Waals surface area contributed by atoms with Crippen molar-refractivity contribution in [3.8, 4) is 5.69 Å². The van der Waals surface area contributed by atoms with Gasteiger partial charge in [0.05, 0.1) is 16.9 Å². The fourth-order valence-corrected chi connectivity index (χ4v) is 5.45. The number of benzene rings is 3. The molecule has 0 aliphatic carbocycles. The third-order valence-corrected chi connectivity index (χ3v) is 7.46. The molecule has 5 rings (SSSR count). The monoisotopic (exact) mass is 589 g/mol. The van der Waals surface area contributed by atoms with Crippen LogP contribution in [0.25, 0.3) is 5.69 Å². The number of rotatable bonds is 7. The van der Waals surface area contributed by atoms with Crippen LogP contribution in [-0.2, 0) is 15.8 Å². The lowest BCUT2D eigenvalue weighted by Gasteiger charge is -2.39. The van der Waals surface area contributed by atoms with Gasteiger partial charge in [0.1, 0.15) is 11.9 Å². The molecule has 1 aliphatic rings. The van der Waals surface area contributed by atoms with Gasteiger partial charge in [-0.2, -0.15) is 18.3 Å². The Labute approximate surface area is 246 Å². The molecular weight excluding hydrogens is 559 g/mol. The third-order valence-electron chi connectivity index (χ3n) is 7.46. The summed E-state index contributed by atoms with van der Waals surface area (Å²) in [7, 11) is 0. The quantitative estimate of drug-likeness (QED) is 0.283. The van der Waals surface area contributed by atoms with Gasteiger partial charge in [-0.1, -0.05) is 49.4 Å². The summed E-state index contributed by atoms with van der Waals surface area (Å²) in [6, 6.07) is 19.1. The Kier molecular flexibility index (Phi) is 8.08. The van der Waals surface area contributed by atoms with E-state index in [1.54, 1.807) is 49.7 Å². The van der Waals surface area contributed by atoms with E-state index in [1.807, 2.05) is 30.3 Å². The van der Waals surface area contributed by atoms with E-state index in [-0.39, 0.29) is 24.4 Å². The van der Waals surface area contributed by atoms with Gasteiger partial charge in [-0.15, -0.1) is 0 Å². The lowest BCUT2D eigenvalue weighted by molar-refractivity contribution is -0.137. The van der Waals surface area contributed by atoms with E-state index in [9.17, 15) is 27.6 Å². The van der Waals surface area contributed by atoms with Crippen LogP contribution in [-0.4, -0.2) is 40.1 Å². The summed E-state index contributed by atoms with van der Waals surface area (Å²) < 4.78 is 42.0. The number of carbonyl (C=O) groups is 3. The molecule has 2 N–H and O–H groups in total. The zero-order chi connectivity index (χ0) is 30.9. The first-order valence-electron chi connectivity index (χ1n) is 13.9. The van der Waals surface area contributed by atoms with Crippen LogP contribution in [0.5, 0.6) is 0 Å². The number of para-hydroxylation sites is 2. The Morgan fingerprint density at radius 2 is 1.65 bits per heavy atom. The Morgan fingerprint density at radius 3 is 2.33 bits per heavy atom. The summed E-state index contributed by atoms with van der Waals surface area (Å²) >= 11 is 0. The Hall–Kier alpha value is -4.93. The van der Waals surface area contributed by atoms with Gasteiger partial charge in [0, 0.05) is 35.7 Å². The van der Waals surface area contributed by atoms with E-state index in [0.717, 1.165) is 23.9 Å². The number of likely N-dealkylation sites (N-methyl/N-ethyl adjacent to an activating group) is 1. The molecule has 11 heteroatoms. The molecule has 8 nitrogen and oxygen atoms in total. The highest BCUT2D eigenvalue weighted by Crippen LogP contribution is 2.45. The topological polar surface area (TPSA) is 96.3 Å².